The van der Waals surface area contributed by atoms with E-state index in [0.717, 1.165) is 17.7 Å². The van der Waals surface area contributed by atoms with Crippen LogP contribution < -0.4 is 5.73 Å². The number of aromatic nitrogens is 2. The fourth-order valence-electron chi connectivity index (χ4n) is 2.23. The van der Waals surface area contributed by atoms with Gasteiger partial charge in [-0.3, -0.25) is 0 Å². The van der Waals surface area contributed by atoms with Gasteiger partial charge in [0.2, 0.25) is 0 Å². The van der Waals surface area contributed by atoms with E-state index >= 15 is 0 Å². The van der Waals surface area contributed by atoms with Crippen LogP contribution in [0.5, 0.6) is 0 Å². The van der Waals surface area contributed by atoms with Gasteiger partial charge in [0.1, 0.15) is 5.82 Å². The molecule has 0 bridgehead atoms. The van der Waals surface area contributed by atoms with Crippen molar-refractivity contribution in [2.45, 2.75) is 32.9 Å². The first-order valence-corrected chi connectivity index (χ1v) is 6.56. The Hall–Kier alpha value is -1.68. The second-order valence-electron chi connectivity index (χ2n) is 5.31. The van der Waals surface area contributed by atoms with E-state index in [-0.39, 0.29) is 11.9 Å². The lowest BCUT2D eigenvalue weighted by molar-refractivity contribution is 0.488. The van der Waals surface area contributed by atoms with Crippen LogP contribution in [0.2, 0.25) is 0 Å². The molecule has 0 radical (unpaired) electrons. The molecule has 0 fully saturated rings. The molecule has 1 heterocycles. The summed E-state index contributed by atoms with van der Waals surface area (Å²) >= 11 is 0. The summed E-state index contributed by atoms with van der Waals surface area (Å²) in [5, 5.41) is 0. The number of imidazole rings is 1. The molecule has 2 N–H and O–H groups in total. The molecular weight excluding hydrogens is 241 g/mol. The molecule has 1 unspecified atom stereocenters. The maximum Gasteiger partial charge on any atom is 0.123 e. The molecule has 0 spiro atoms. The fourth-order valence-corrected chi connectivity index (χ4v) is 2.23. The van der Waals surface area contributed by atoms with Gasteiger partial charge in [-0.05, 0) is 30.0 Å². The molecule has 1 aromatic heterocycles. The molecule has 0 aliphatic rings. The molecule has 1 atom stereocenters. The number of rotatable bonds is 5. The number of hydrogen-bond donors (Lipinski definition) is 1. The monoisotopic (exact) mass is 261 g/mol. The number of hydrogen-bond acceptors (Lipinski definition) is 2. The average molecular weight is 261 g/mol. The summed E-state index contributed by atoms with van der Waals surface area (Å²) in [5.41, 5.74) is 8.10. The maximum atomic E-state index is 13.2. The zero-order valence-corrected chi connectivity index (χ0v) is 11.4. The third kappa shape index (κ3) is 3.64. The smallest absolute Gasteiger partial charge is 0.123 e. The van der Waals surface area contributed by atoms with Crippen molar-refractivity contribution in [3.63, 3.8) is 0 Å². The van der Waals surface area contributed by atoms with Crippen LogP contribution in [0, 0.1) is 11.7 Å². The Labute approximate surface area is 113 Å². The van der Waals surface area contributed by atoms with Gasteiger partial charge in [-0.2, -0.15) is 0 Å². The topological polar surface area (TPSA) is 43.8 Å². The highest BCUT2D eigenvalue weighted by Crippen LogP contribution is 2.19. The van der Waals surface area contributed by atoms with Crippen molar-refractivity contribution in [3.05, 3.63) is 53.9 Å². The Balaban J connectivity index is 2.15. The molecule has 0 saturated carbocycles. The Kier molecular flexibility index (Phi) is 4.32. The van der Waals surface area contributed by atoms with Crippen molar-refractivity contribution >= 4 is 0 Å². The van der Waals surface area contributed by atoms with Crippen molar-refractivity contribution in [1.29, 1.82) is 0 Å². The molecule has 2 rings (SSSR count). The largest absolute Gasteiger partial charge is 0.329 e. The van der Waals surface area contributed by atoms with Gasteiger partial charge in [-0.25, -0.2) is 9.37 Å². The standard InChI is InChI=1S/C15H20FN3/c1-11(2)6-14(17)15-8-18-10-19(15)9-12-4-3-5-13(16)7-12/h3-5,7-8,10-11,14H,6,9,17H2,1-2H3. The van der Waals surface area contributed by atoms with E-state index in [4.69, 9.17) is 5.73 Å². The fraction of sp³-hybridized carbons (Fsp3) is 0.400. The summed E-state index contributed by atoms with van der Waals surface area (Å²) in [6.45, 7) is 4.89. The van der Waals surface area contributed by atoms with Gasteiger partial charge in [0.05, 0.1) is 12.0 Å². The minimum atomic E-state index is -0.217. The summed E-state index contributed by atoms with van der Waals surface area (Å²) in [6, 6.07) is 6.58. The van der Waals surface area contributed by atoms with Crippen molar-refractivity contribution in [2.75, 3.05) is 0 Å². The lowest BCUT2D eigenvalue weighted by atomic mass is 10.0. The lowest BCUT2D eigenvalue weighted by Gasteiger charge is -2.16. The van der Waals surface area contributed by atoms with Gasteiger partial charge in [0.15, 0.2) is 0 Å². The number of nitrogens with two attached hydrogens (primary N) is 1. The van der Waals surface area contributed by atoms with Gasteiger partial charge in [-0.1, -0.05) is 26.0 Å². The quantitative estimate of drug-likeness (QED) is 0.898. The Morgan fingerprint density at radius 3 is 2.84 bits per heavy atom. The van der Waals surface area contributed by atoms with Crippen molar-refractivity contribution in [1.82, 2.24) is 9.55 Å². The normalized spacial score (nSPS) is 12.9. The minimum Gasteiger partial charge on any atom is -0.329 e. The molecule has 3 nitrogen and oxygen atoms in total. The SMILES string of the molecule is CC(C)CC(N)c1cncn1Cc1cccc(F)c1. The van der Waals surface area contributed by atoms with Crippen molar-refractivity contribution in [3.8, 4) is 0 Å². The maximum absolute atomic E-state index is 13.2. The third-order valence-corrected chi connectivity index (χ3v) is 3.09. The van der Waals surface area contributed by atoms with Gasteiger partial charge in [0, 0.05) is 18.8 Å². The van der Waals surface area contributed by atoms with E-state index in [2.05, 4.69) is 18.8 Å². The molecule has 2 aromatic rings. The molecule has 4 heteroatoms. The Morgan fingerprint density at radius 2 is 2.16 bits per heavy atom. The number of halogens is 1. The zero-order valence-electron chi connectivity index (χ0n) is 11.4. The van der Waals surface area contributed by atoms with Gasteiger partial charge >= 0.3 is 0 Å². The first-order valence-electron chi connectivity index (χ1n) is 6.56. The molecule has 1 aromatic carbocycles. The first-order chi connectivity index (χ1) is 9.06. The second-order valence-corrected chi connectivity index (χ2v) is 5.31. The highest BCUT2D eigenvalue weighted by molar-refractivity contribution is 5.18. The highest BCUT2D eigenvalue weighted by Gasteiger charge is 2.13. The van der Waals surface area contributed by atoms with Crippen LogP contribution in [0.1, 0.15) is 37.6 Å². The number of benzene rings is 1. The highest BCUT2D eigenvalue weighted by atomic mass is 19.1. The molecule has 0 aliphatic heterocycles. The van der Waals surface area contributed by atoms with Crippen LogP contribution in [0.4, 0.5) is 4.39 Å². The van der Waals surface area contributed by atoms with E-state index in [0.29, 0.717) is 12.5 Å². The number of nitrogens with zero attached hydrogens (tertiary/aromatic N) is 2. The second kappa shape index (κ2) is 5.97. The van der Waals surface area contributed by atoms with Gasteiger partial charge < -0.3 is 10.3 Å². The van der Waals surface area contributed by atoms with E-state index in [9.17, 15) is 4.39 Å². The first kappa shape index (κ1) is 13.7. The predicted octanol–water partition coefficient (Wildman–Crippen LogP) is 3.12. The van der Waals surface area contributed by atoms with E-state index in [1.54, 1.807) is 18.6 Å². The third-order valence-electron chi connectivity index (χ3n) is 3.09. The summed E-state index contributed by atoms with van der Waals surface area (Å²) in [6.07, 6.45) is 4.46. The lowest BCUT2D eigenvalue weighted by Crippen LogP contribution is -2.17. The van der Waals surface area contributed by atoms with Crippen LogP contribution in [0.25, 0.3) is 0 Å². The molecular formula is C15H20FN3. The van der Waals surface area contributed by atoms with Crippen LogP contribution in [-0.2, 0) is 6.54 Å². The molecule has 0 amide bonds. The van der Waals surface area contributed by atoms with Crippen molar-refractivity contribution in [2.24, 2.45) is 11.7 Å². The van der Waals surface area contributed by atoms with E-state index in [1.807, 2.05) is 10.6 Å². The predicted molar refractivity (Wildman–Crippen MR) is 74.1 cm³/mol. The summed E-state index contributed by atoms with van der Waals surface area (Å²) in [7, 11) is 0. The van der Waals surface area contributed by atoms with E-state index in [1.165, 1.54) is 12.1 Å². The van der Waals surface area contributed by atoms with Gasteiger partial charge in [0.25, 0.3) is 0 Å². The Morgan fingerprint density at radius 1 is 1.37 bits per heavy atom. The van der Waals surface area contributed by atoms with Crippen LogP contribution in [0.15, 0.2) is 36.8 Å². The molecule has 0 saturated heterocycles. The average Bonchev–Trinajstić information content (AvgIpc) is 2.76. The summed E-state index contributed by atoms with van der Waals surface area (Å²) < 4.78 is 15.2. The molecule has 102 valence electrons. The van der Waals surface area contributed by atoms with Gasteiger partial charge in [-0.15, -0.1) is 0 Å². The molecule has 19 heavy (non-hydrogen) atoms. The van der Waals surface area contributed by atoms with E-state index < -0.39 is 0 Å². The Bertz CT molecular complexity index is 534. The van der Waals surface area contributed by atoms with Crippen molar-refractivity contribution < 1.29 is 4.39 Å². The zero-order chi connectivity index (χ0) is 13.8. The van der Waals surface area contributed by atoms with Crippen LogP contribution >= 0.6 is 0 Å². The van der Waals surface area contributed by atoms with Crippen LogP contribution in [-0.4, -0.2) is 9.55 Å². The molecule has 0 aliphatic carbocycles. The summed E-state index contributed by atoms with van der Waals surface area (Å²) in [5.74, 6) is 0.318. The van der Waals surface area contributed by atoms with Crippen LogP contribution in [0.3, 0.4) is 0 Å². The minimum absolute atomic E-state index is 0.0314. The summed E-state index contributed by atoms with van der Waals surface area (Å²) in [4.78, 5) is 4.16.